The normalized spacial score (nSPS) is 19.0. The van der Waals surface area contributed by atoms with Crippen LogP contribution in [-0.2, 0) is 0 Å². The minimum Gasteiger partial charge on any atom is -0.327 e. The highest BCUT2D eigenvalue weighted by Gasteiger charge is 2.27. The van der Waals surface area contributed by atoms with Gasteiger partial charge in [0.05, 0.1) is 11.8 Å². The van der Waals surface area contributed by atoms with E-state index in [2.05, 4.69) is 46.4 Å². The van der Waals surface area contributed by atoms with Crippen LogP contribution in [0.5, 0.6) is 0 Å². The Morgan fingerprint density at radius 1 is 0.550 bits per heavy atom. The second kappa shape index (κ2) is 8.00. The molecule has 2 aromatic carbocycles. The molecule has 188 valence electrons. The van der Waals surface area contributed by atoms with Crippen LogP contribution in [0, 0.1) is 0 Å². The highest BCUT2D eigenvalue weighted by Crippen LogP contribution is 2.36. The molecule has 0 saturated carbocycles. The van der Waals surface area contributed by atoms with Crippen LogP contribution in [-0.4, -0.2) is 39.9 Å². The van der Waals surface area contributed by atoms with E-state index in [1.54, 1.807) is 0 Å². The Balaban J connectivity index is 1.48. The number of nitrogens with zero attached hydrogens (tertiary/aromatic N) is 6. The number of nitrogens with one attached hydrogen (secondary N) is 2. The lowest BCUT2D eigenvalue weighted by Crippen LogP contribution is -2.14. The van der Waals surface area contributed by atoms with Crippen LogP contribution in [0.3, 0.4) is 0 Å². The maximum atomic E-state index is 5.09. The monoisotopic (exact) mass is 516 g/mol. The van der Waals surface area contributed by atoms with Gasteiger partial charge in [-0.3, -0.25) is 0 Å². The Labute approximate surface area is 227 Å². The van der Waals surface area contributed by atoms with E-state index in [1.807, 2.05) is 60.7 Å². The molecule has 2 aromatic heterocycles. The fraction of sp³-hybridized carbons (Fsp3) is 0.0625. The Hall–Kier alpha value is -5.50. The molecule has 3 aliphatic heterocycles. The molecular formula is C32H20N8. The molecule has 4 aromatic rings. The largest absolute Gasteiger partial charge is 0.327 e. The summed E-state index contributed by atoms with van der Waals surface area (Å²) in [6.07, 6.45) is 16.5. The molecule has 9 rings (SSSR count). The summed E-state index contributed by atoms with van der Waals surface area (Å²) in [6.45, 7) is 0. The van der Waals surface area contributed by atoms with Crippen molar-refractivity contribution in [3.63, 3.8) is 0 Å². The molecule has 8 bridgehead atoms. The van der Waals surface area contributed by atoms with Crippen molar-refractivity contribution in [1.29, 1.82) is 0 Å². The van der Waals surface area contributed by atoms with Crippen LogP contribution in [0.15, 0.2) is 97.1 Å². The van der Waals surface area contributed by atoms with E-state index < -0.39 is 0 Å². The predicted octanol–water partition coefficient (Wildman–Crippen LogP) is 4.23. The minimum absolute atomic E-state index is 0.0431. The summed E-state index contributed by atoms with van der Waals surface area (Å²) in [4.78, 5) is 37.0. The molecule has 0 amide bonds. The van der Waals surface area contributed by atoms with Crippen molar-refractivity contribution < 1.29 is 0 Å². The molecule has 0 spiro atoms. The number of fused-ring (bicyclic) bond motifs is 18. The lowest BCUT2D eigenvalue weighted by Gasteiger charge is -2.09. The van der Waals surface area contributed by atoms with Crippen LogP contribution >= 0.6 is 0 Å². The fourth-order valence-corrected chi connectivity index (χ4v) is 5.90. The number of aromatic amines is 2. The predicted molar refractivity (Wildman–Crippen MR) is 154 cm³/mol. The highest BCUT2D eigenvalue weighted by atomic mass is 15.1. The minimum atomic E-state index is -0.0924. The Bertz CT molecular complexity index is 2240. The second-order valence-corrected chi connectivity index (χ2v) is 10.1. The molecule has 5 aliphatic rings. The quantitative estimate of drug-likeness (QED) is 0.319. The van der Waals surface area contributed by atoms with Crippen LogP contribution in [0.25, 0.3) is 56.0 Å². The first-order valence-electron chi connectivity index (χ1n) is 13.2. The van der Waals surface area contributed by atoms with E-state index in [0.29, 0.717) is 28.6 Å². The van der Waals surface area contributed by atoms with E-state index in [4.69, 9.17) is 29.9 Å². The summed E-state index contributed by atoms with van der Waals surface area (Å²) in [5, 5.41) is 1.96. The number of rotatable bonds is 0. The Kier molecular flexibility index (Phi) is 4.29. The van der Waals surface area contributed by atoms with Gasteiger partial charge in [-0.15, -0.1) is 0 Å². The van der Waals surface area contributed by atoms with Gasteiger partial charge >= 0.3 is 0 Å². The molecule has 0 saturated heterocycles. The SMILES string of the molecule is C1=CC2=c3nc(nc4nc(nc5[nH]c(nc6[nH]c(n3)C3C=CC=CC=63)c3ccccc53)-c3ccccc3-4)C2C=C1. The first kappa shape index (κ1) is 21.4. The summed E-state index contributed by atoms with van der Waals surface area (Å²) in [6, 6.07) is 16.2. The number of aromatic nitrogens is 8. The van der Waals surface area contributed by atoms with Gasteiger partial charge in [0.1, 0.15) is 28.4 Å². The van der Waals surface area contributed by atoms with E-state index >= 15 is 0 Å². The van der Waals surface area contributed by atoms with Crippen molar-refractivity contribution in [3.8, 4) is 22.8 Å². The zero-order valence-corrected chi connectivity index (χ0v) is 21.1. The molecule has 0 fully saturated rings. The van der Waals surface area contributed by atoms with Gasteiger partial charge in [-0.25, -0.2) is 29.9 Å². The average molecular weight is 517 g/mol. The highest BCUT2D eigenvalue weighted by molar-refractivity contribution is 6.04. The van der Waals surface area contributed by atoms with Gasteiger partial charge in [0.15, 0.2) is 17.1 Å². The van der Waals surface area contributed by atoms with E-state index in [0.717, 1.165) is 50.0 Å². The van der Waals surface area contributed by atoms with Crippen molar-refractivity contribution in [2.24, 2.45) is 0 Å². The lowest BCUT2D eigenvalue weighted by atomic mass is 9.95. The Morgan fingerprint density at radius 3 is 2.02 bits per heavy atom. The van der Waals surface area contributed by atoms with Crippen LogP contribution in [0.1, 0.15) is 23.5 Å². The molecule has 2 unspecified atom stereocenters. The van der Waals surface area contributed by atoms with E-state index in [-0.39, 0.29) is 11.8 Å². The molecule has 2 atom stereocenters. The molecule has 8 heteroatoms. The average Bonchev–Trinajstić information content (AvgIpc) is 3.73. The molecule has 40 heavy (non-hydrogen) atoms. The standard InChI is InChI=1S/C32H20N8/c1-2-10-18-17(9-1)25-33-26(18)38-28-21-13-5-6-14-22(21)30(35-28)40-32-24-16-8-7-15-23(24)31(36-32)39-29-20-12-4-3-11-19(20)27(34-29)37-25/h1-17,20H,(H,33,37)(H,34,35,36,38,39,40). The summed E-state index contributed by atoms with van der Waals surface area (Å²) in [5.41, 5.74) is 6.77. The van der Waals surface area contributed by atoms with Crippen LogP contribution < -0.4 is 11.0 Å². The summed E-state index contributed by atoms with van der Waals surface area (Å²) in [7, 11) is 0. The molecular weight excluding hydrogens is 496 g/mol. The van der Waals surface area contributed by atoms with E-state index in [9.17, 15) is 0 Å². The molecule has 5 heterocycles. The Morgan fingerprint density at radius 2 is 1.23 bits per heavy atom. The third kappa shape index (κ3) is 3.07. The van der Waals surface area contributed by atoms with Crippen molar-refractivity contribution in [3.05, 3.63) is 120 Å². The van der Waals surface area contributed by atoms with Crippen LogP contribution in [0.4, 0.5) is 0 Å². The second-order valence-electron chi connectivity index (χ2n) is 10.1. The fourth-order valence-electron chi connectivity index (χ4n) is 5.90. The zero-order chi connectivity index (χ0) is 26.2. The number of H-pyrrole nitrogens is 2. The molecule has 0 radical (unpaired) electrons. The van der Waals surface area contributed by atoms with Crippen molar-refractivity contribution >= 4 is 33.2 Å². The van der Waals surface area contributed by atoms with Gasteiger partial charge in [0.25, 0.3) is 0 Å². The van der Waals surface area contributed by atoms with Gasteiger partial charge in [-0.2, -0.15) is 0 Å². The van der Waals surface area contributed by atoms with Gasteiger partial charge in [0.2, 0.25) is 0 Å². The first-order chi connectivity index (χ1) is 19.8. The molecule has 8 nitrogen and oxygen atoms in total. The van der Waals surface area contributed by atoms with Crippen molar-refractivity contribution in [2.75, 3.05) is 0 Å². The van der Waals surface area contributed by atoms with Crippen molar-refractivity contribution in [1.82, 2.24) is 39.9 Å². The first-order valence-corrected chi connectivity index (χ1v) is 13.2. The molecule has 2 aliphatic carbocycles. The van der Waals surface area contributed by atoms with Crippen LogP contribution in [0.2, 0.25) is 0 Å². The third-order valence-electron chi connectivity index (χ3n) is 7.81. The maximum absolute atomic E-state index is 5.09. The zero-order valence-electron chi connectivity index (χ0n) is 21.1. The van der Waals surface area contributed by atoms with E-state index in [1.165, 1.54) is 0 Å². The number of hydrogen-bond acceptors (Lipinski definition) is 6. The third-order valence-corrected chi connectivity index (χ3v) is 7.81. The lowest BCUT2D eigenvalue weighted by molar-refractivity contribution is 0.915. The number of benzene rings is 2. The summed E-state index contributed by atoms with van der Waals surface area (Å²) >= 11 is 0. The topological polar surface area (TPSA) is 109 Å². The smallest absolute Gasteiger partial charge is 0.164 e. The molecule has 2 N–H and O–H groups in total. The van der Waals surface area contributed by atoms with Gasteiger partial charge < -0.3 is 9.97 Å². The van der Waals surface area contributed by atoms with Gasteiger partial charge in [-0.1, -0.05) is 97.1 Å². The van der Waals surface area contributed by atoms with Gasteiger partial charge in [0, 0.05) is 33.0 Å². The number of allylic oxidation sites excluding steroid dienone is 8. The summed E-state index contributed by atoms with van der Waals surface area (Å²) in [5.74, 6) is 2.52. The number of hydrogen-bond donors (Lipinski definition) is 2. The summed E-state index contributed by atoms with van der Waals surface area (Å²) < 4.78 is 0. The van der Waals surface area contributed by atoms with Crippen molar-refractivity contribution in [2.45, 2.75) is 11.8 Å². The maximum Gasteiger partial charge on any atom is 0.164 e. The van der Waals surface area contributed by atoms with Gasteiger partial charge in [-0.05, 0) is 0 Å².